The SMILES string of the molecule is CN1CC2(C1)CN(C(=O)Cn1nc3ccccc3n1)C2. The summed E-state index contributed by atoms with van der Waals surface area (Å²) in [7, 11) is 2.12. The monoisotopic (exact) mass is 271 g/mol. The summed E-state index contributed by atoms with van der Waals surface area (Å²) in [5.41, 5.74) is 2.05. The smallest absolute Gasteiger partial charge is 0.246 e. The minimum absolute atomic E-state index is 0.116. The Morgan fingerprint density at radius 2 is 1.75 bits per heavy atom. The summed E-state index contributed by atoms with van der Waals surface area (Å²) in [6.07, 6.45) is 0. The van der Waals surface area contributed by atoms with Gasteiger partial charge in [-0.05, 0) is 19.2 Å². The number of rotatable bonds is 2. The van der Waals surface area contributed by atoms with Crippen molar-refractivity contribution in [2.75, 3.05) is 33.2 Å². The summed E-state index contributed by atoms with van der Waals surface area (Å²) in [6, 6.07) is 7.67. The van der Waals surface area contributed by atoms with Gasteiger partial charge in [-0.15, -0.1) is 0 Å². The summed E-state index contributed by atoms with van der Waals surface area (Å²) >= 11 is 0. The number of hydrogen-bond acceptors (Lipinski definition) is 4. The number of nitrogens with zero attached hydrogens (tertiary/aromatic N) is 5. The molecule has 2 aliphatic rings. The summed E-state index contributed by atoms with van der Waals surface area (Å²) in [5.74, 6) is 0.116. The minimum Gasteiger partial charge on any atom is -0.340 e. The van der Waals surface area contributed by atoms with Gasteiger partial charge >= 0.3 is 0 Å². The number of aromatic nitrogens is 3. The Hall–Kier alpha value is -1.95. The van der Waals surface area contributed by atoms with Crippen LogP contribution >= 0.6 is 0 Å². The topological polar surface area (TPSA) is 54.3 Å². The van der Waals surface area contributed by atoms with Gasteiger partial charge in [-0.1, -0.05) is 12.1 Å². The Morgan fingerprint density at radius 1 is 1.15 bits per heavy atom. The highest BCUT2D eigenvalue weighted by Crippen LogP contribution is 2.38. The van der Waals surface area contributed by atoms with Crippen LogP contribution in [0, 0.1) is 5.41 Å². The second kappa shape index (κ2) is 4.02. The van der Waals surface area contributed by atoms with E-state index in [9.17, 15) is 4.79 Å². The molecule has 0 atom stereocenters. The quantitative estimate of drug-likeness (QED) is 0.783. The minimum atomic E-state index is 0.116. The average Bonchev–Trinajstić information content (AvgIpc) is 2.73. The Labute approximate surface area is 116 Å². The van der Waals surface area contributed by atoms with E-state index in [1.54, 1.807) is 0 Å². The van der Waals surface area contributed by atoms with E-state index in [0.717, 1.165) is 37.2 Å². The third kappa shape index (κ3) is 1.79. The summed E-state index contributed by atoms with van der Waals surface area (Å²) < 4.78 is 0. The second-order valence-corrected chi connectivity index (χ2v) is 6.14. The van der Waals surface area contributed by atoms with Crippen LogP contribution in [0.5, 0.6) is 0 Å². The van der Waals surface area contributed by atoms with Gasteiger partial charge in [-0.25, -0.2) is 0 Å². The van der Waals surface area contributed by atoms with E-state index in [2.05, 4.69) is 22.1 Å². The average molecular weight is 271 g/mol. The van der Waals surface area contributed by atoms with Crippen molar-refractivity contribution in [1.82, 2.24) is 24.8 Å². The van der Waals surface area contributed by atoms with E-state index in [1.165, 1.54) is 4.80 Å². The lowest BCUT2D eigenvalue weighted by Gasteiger charge is -2.59. The van der Waals surface area contributed by atoms with E-state index in [4.69, 9.17) is 0 Å². The molecule has 2 saturated heterocycles. The molecule has 2 fully saturated rings. The first-order chi connectivity index (χ1) is 9.63. The number of hydrogen-bond donors (Lipinski definition) is 0. The van der Waals surface area contributed by atoms with Crippen molar-refractivity contribution >= 4 is 16.9 Å². The predicted molar refractivity (Wildman–Crippen MR) is 74.0 cm³/mol. The fourth-order valence-electron chi connectivity index (χ4n) is 3.43. The van der Waals surface area contributed by atoms with E-state index in [0.29, 0.717) is 5.41 Å². The van der Waals surface area contributed by atoms with E-state index in [-0.39, 0.29) is 12.5 Å². The van der Waals surface area contributed by atoms with Crippen LogP contribution in [-0.4, -0.2) is 63.9 Å². The number of amides is 1. The molecule has 0 bridgehead atoms. The lowest BCUT2D eigenvalue weighted by Crippen LogP contribution is -2.72. The zero-order valence-electron chi connectivity index (χ0n) is 11.5. The molecule has 0 N–H and O–H groups in total. The van der Waals surface area contributed by atoms with Crippen LogP contribution in [0.15, 0.2) is 24.3 Å². The first-order valence-corrected chi connectivity index (χ1v) is 6.90. The lowest BCUT2D eigenvalue weighted by atomic mass is 9.73. The van der Waals surface area contributed by atoms with Crippen molar-refractivity contribution in [3.8, 4) is 0 Å². The normalized spacial score (nSPS) is 20.9. The maximum Gasteiger partial charge on any atom is 0.246 e. The fraction of sp³-hybridized carbons (Fsp3) is 0.500. The molecular weight excluding hydrogens is 254 g/mol. The lowest BCUT2D eigenvalue weighted by molar-refractivity contribution is -0.157. The van der Waals surface area contributed by atoms with Crippen molar-refractivity contribution in [3.05, 3.63) is 24.3 Å². The molecule has 6 heteroatoms. The first-order valence-electron chi connectivity index (χ1n) is 6.90. The fourth-order valence-corrected chi connectivity index (χ4v) is 3.43. The van der Waals surface area contributed by atoms with Crippen LogP contribution in [0.2, 0.25) is 0 Å². The van der Waals surface area contributed by atoms with E-state index in [1.807, 2.05) is 29.2 Å². The maximum absolute atomic E-state index is 12.2. The van der Waals surface area contributed by atoms with Gasteiger partial charge in [0, 0.05) is 31.6 Å². The van der Waals surface area contributed by atoms with Crippen molar-refractivity contribution in [3.63, 3.8) is 0 Å². The third-order valence-electron chi connectivity index (χ3n) is 4.22. The van der Waals surface area contributed by atoms with Gasteiger partial charge in [0.25, 0.3) is 0 Å². The van der Waals surface area contributed by atoms with Crippen LogP contribution in [-0.2, 0) is 11.3 Å². The van der Waals surface area contributed by atoms with Gasteiger partial charge < -0.3 is 9.80 Å². The first kappa shape index (κ1) is 11.8. The van der Waals surface area contributed by atoms with Crippen LogP contribution in [0.1, 0.15) is 0 Å². The molecule has 0 saturated carbocycles. The van der Waals surface area contributed by atoms with Gasteiger partial charge in [0.05, 0.1) is 0 Å². The molecule has 2 aliphatic heterocycles. The molecule has 1 spiro atoms. The Morgan fingerprint density at radius 3 is 2.30 bits per heavy atom. The van der Waals surface area contributed by atoms with Crippen LogP contribution in [0.3, 0.4) is 0 Å². The largest absolute Gasteiger partial charge is 0.340 e. The second-order valence-electron chi connectivity index (χ2n) is 6.14. The van der Waals surface area contributed by atoms with Crippen molar-refractivity contribution in [1.29, 1.82) is 0 Å². The maximum atomic E-state index is 12.2. The Balaban J connectivity index is 1.41. The zero-order chi connectivity index (χ0) is 13.7. The van der Waals surface area contributed by atoms with E-state index < -0.39 is 0 Å². The molecule has 104 valence electrons. The van der Waals surface area contributed by atoms with Crippen molar-refractivity contribution in [2.24, 2.45) is 5.41 Å². The van der Waals surface area contributed by atoms with Gasteiger partial charge in [0.2, 0.25) is 5.91 Å². The van der Waals surface area contributed by atoms with Gasteiger partial charge in [0.15, 0.2) is 0 Å². The number of carbonyl (C=O) groups excluding carboxylic acids is 1. The molecule has 0 aliphatic carbocycles. The molecular formula is C14H17N5O. The molecule has 1 amide bonds. The van der Waals surface area contributed by atoms with Crippen molar-refractivity contribution in [2.45, 2.75) is 6.54 Å². The summed E-state index contributed by atoms with van der Waals surface area (Å²) in [6.45, 7) is 4.23. The van der Waals surface area contributed by atoms with E-state index >= 15 is 0 Å². The summed E-state index contributed by atoms with van der Waals surface area (Å²) in [5, 5.41) is 8.65. The number of carbonyl (C=O) groups is 1. The molecule has 0 radical (unpaired) electrons. The zero-order valence-corrected chi connectivity index (χ0v) is 11.5. The highest BCUT2D eigenvalue weighted by atomic mass is 16.2. The van der Waals surface area contributed by atoms with Crippen LogP contribution < -0.4 is 0 Å². The standard InChI is InChI=1S/C14H17N5O/c1-17-7-14(8-17)9-18(10-14)13(20)6-19-15-11-4-2-3-5-12(11)16-19/h2-5H,6-10H2,1H3. The molecule has 20 heavy (non-hydrogen) atoms. The number of likely N-dealkylation sites (tertiary alicyclic amines) is 2. The predicted octanol–water partition coefficient (Wildman–Crippen LogP) is 0.205. The third-order valence-corrected chi connectivity index (χ3v) is 4.22. The molecule has 4 rings (SSSR count). The van der Waals surface area contributed by atoms with Crippen molar-refractivity contribution < 1.29 is 4.79 Å². The molecule has 2 aromatic rings. The highest BCUT2D eigenvalue weighted by Gasteiger charge is 2.51. The van der Waals surface area contributed by atoms with Gasteiger partial charge in [0.1, 0.15) is 17.6 Å². The Bertz CT molecular complexity index is 632. The van der Waals surface area contributed by atoms with Gasteiger partial charge in [-0.3, -0.25) is 4.79 Å². The van der Waals surface area contributed by atoms with Crippen LogP contribution in [0.25, 0.3) is 11.0 Å². The Kier molecular flexibility index (Phi) is 2.38. The molecule has 1 aromatic heterocycles. The summed E-state index contributed by atoms with van der Waals surface area (Å²) in [4.78, 5) is 17.9. The molecule has 0 unspecified atom stereocenters. The number of fused-ring (bicyclic) bond motifs is 1. The molecule has 6 nitrogen and oxygen atoms in total. The van der Waals surface area contributed by atoms with Gasteiger partial charge in [-0.2, -0.15) is 15.0 Å². The highest BCUT2D eigenvalue weighted by molar-refractivity contribution is 5.78. The van der Waals surface area contributed by atoms with Crippen LogP contribution in [0.4, 0.5) is 0 Å². The molecule has 3 heterocycles. The molecule has 1 aromatic carbocycles. The number of benzene rings is 1.